The number of nitrogens with one attached hydrogen (secondary N) is 1. The lowest BCUT2D eigenvalue weighted by Gasteiger charge is -2.30. The molecule has 0 spiro atoms. The summed E-state index contributed by atoms with van der Waals surface area (Å²) < 4.78 is 29.7. The molecular formula is C41H83NO7S. The monoisotopic (exact) mass is 734 g/mol. The number of hydrogen-bond donors (Lipinski definition) is 3. The molecule has 300 valence electrons. The molecule has 8 nitrogen and oxygen atoms in total. The van der Waals surface area contributed by atoms with E-state index in [0.717, 1.165) is 32.8 Å². The molecule has 0 aliphatic rings. The van der Waals surface area contributed by atoms with Crippen LogP contribution in [0.1, 0.15) is 233 Å². The maximum Gasteiger partial charge on any atom is 0.397 e. The van der Waals surface area contributed by atoms with E-state index in [-0.39, 0.29) is 11.6 Å². The Balaban J connectivity index is 0. The van der Waals surface area contributed by atoms with Crippen molar-refractivity contribution < 1.29 is 31.8 Å². The number of Topliss-reactive ketones (excluding diaryl/α,β-unsaturated/α-hetero) is 2. The normalized spacial score (nSPS) is 12.5. The van der Waals surface area contributed by atoms with Crippen molar-refractivity contribution in [2.75, 3.05) is 7.11 Å². The summed E-state index contributed by atoms with van der Waals surface area (Å²) in [6.07, 6.45) is 38.8. The number of ketones is 2. The Hall–Kier alpha value is -0.870. The van der Waals surface area contributed by atoms with Gasteiger partial charge in [-0.05, 0) is 26.7 Å². The highest BCUT2D eigenvalue weighted by Gasteiger charge is 2.39. The molecule has 9 heteroatoms. The van der Waals surface area contributed by atoms with Crippen LogP contribution in [-0.4, -0.2) is 48.5 Å². The Labute approximate surface area is 310 Å². The van der Waals surface area contributed by atoms with E-state index in [1.54, 1.807) is 13.8 Å². The van der Waals surface area contributed by atoms with Crippen LogP contribution in [0.5, 0.6) is 0 Å². The molecule has 0 aromatic heterocycles. The number of carbonyl (C=O) groups excluding carboxylic acids is 2. The number of aliphatic hydroxyl groups excluding tert-OH is 1. The van der Waals surface area contributed by atoms with Crippen molar-refractivity contribution in [3.63, 3.8) is 0 Å². The lowest BCUT2D eigenvalue weighted by atomic mass is 9.85. The zero-order valence-electron chi connectivity index (χ0n) is 33.5. The summed E-state index contributed by atoms with van der Waals surface area (Å²) in [5.41, 5.74) is -1.26. The molecule has 0 amide bonds. The van der Waals surface area contributed by atoms with Crippen molar-refractivity contribution in [3.05, 3.63) is 0 Å². The van der Waals surface area contributed by atoms with Crippen LogP contribution in [0.3, 0.4) is 0 Å². The first kappa shape index (κ1) is 51.2. The highest BCUT2D eigenvalue weighted by atomic mass is 32.3. The maximum atomic E-state index is 13.1. The van der Waals surface area contributed by atoms with Crippen molar-refractivity contribution in [2.45, 2.75) is 245 Å². The average molecular weight is 734 g/mol. The molecule has 1 atom stereocenters. The zero-order chi connectivity index (χ0) is 37.8. The predicted octanol–water partition coefficient (Wildman–Crippen LogP) is 11.8. The minimum atomic E-state index is -4.16. The first-order valence-electron chi connectivity index (χ1n) is 21.0. The van der Waals surface area contributed by atoms with Gasteiger partial charge in [-0.1, -0.05) is 194 Å². The van der Waals surface area contributed by atoms with Gasteiger partial charge < -0.3 is 5.11 Å². The molecule has 50 heavy (non-hydrogen) atoms. The van der Waals surface area contributed by atoms with Crippen molar-refractivity contribution >= 4 is 22.0 Å². The van der Waals surface area contributed by atoms with Gasteiger partial charge in [0.15, 0.2) is 11.6 Å². The van der Waals surface area contributed by atoms with Crippen LogP contribution in [0.25, 0.3) is 0 Å². The number of hydrogen-bond acceptors (Lipinski definition) is 7. The van der Waals surface area contributed by atoms with Crippen LogP contribution >= 0.6 is 0 Å². The summed E-state index contributed by atoms with van der Waals surface area (Å²) in [5, 5.41) is 12.9. The molecular weight excluding hydrogens is 651 g/mol. The summed E-state index contributed by atoms with van der Waals surface area (Å²) in [6.45, 7) is 7.84. The second-order valence-corrected chi connectivity index (χ2v) is 16.0. The summed E-state index contributed by atoms with van der Waals surface area (Å²) in [4.78, 5) is 26.3. The van der Waals surface area contributed by atoms with E-state index in [2.05, 4.69) is 23.3 Å². The molecule has 1 unspecified atom stereocenters. The van der Waals surface area contributed by atoms with E-state index in [1.807, 2.05) is 0 Å². The van der Waals surface area contributed by atoms with E-state index >= 15 is 0 Å². The Bertz CT molecular complexity index is 817. The summed E-state index contributed by atoms with van der Waals surface area (Å²) in [5.74, 6) is -0.113. The fraction of sp³-hybridized carbons (Fsp3) is 0.951. The quantitative estimate of drug-likeness (QED) is 0.0249. The summed E-state index contributed by atoms with van der Waals surface area (Å²) in [6, 6.07) is 0. The number of rotatable bonds is 37. The third-order valence-electron chi connectivity index (χ3n) is 9.84. The van der Waals surface area contributed by atoms with Gasteiger partial charge in [-0.3, -0.25) is 23.6 Å². The molecule has 0 aromatic carbocycles. The molecule has 3 N–H and O–H groups in total. The van der Waals surface area contributed by atoms with Gasteiger partial charge in [0.1, 0.15) is 11.8 Å². The number of carbonyl (C=O) groups is 2. The molecule has 0 fully saturated rings. The van der Waals surface area contributed by atoms with Gasteiger partial charge in [-0.15, -0.1) is 0 Å². The Morgan fingerprint density at radius 1 is 0.540 bits per heavy atom. The van der Waals surface area contributed by atoms with Crippen LogP contribution < -0.4 is 5.32 Å². The first-order chi connectivity index (χ1) is 23.9. The second-order valence-electron chi connectivity index (χ2n) is 14.8. The summed E-state index contributed by atoms with van der Waals surface area (Å²) in [7, 11) is -3.29. The summed E-state index contributed by atoms with van der Waals surface area (Å²) >= 11 is 0. The van der Waals surface area contributed by atoms with Crippen molar-refractivity contribution in [3.8, 4) is 0 Å². The third kappa shape index (κ3) is 35.5. The second kappa shape index (κ2) is 36.5. The van der Waals surface area contributed by atoms with E-state index < -0.39 is 22.2 Å². The van der Waals surface area contributed by atoms with Gasteiger partial charge in [0.05, 0.1) is 7.11 Å². The molecule has 0 aliphatic heterocycles. The van der Waals surface area contributed by atoms with Gasteiger partial charge in [-0.25, -0.2) is 0 Å². The number of unbranched alkanes of at least 4 members (excludes halogenated alkanes) is 28. The topological polar surface area (TPSA) is 130 Å². The van der Waals surface area contributed by atoms with E-state index in [4.69, 9.17) is 4.55 Å². The van der Waals surface area contributed by atoms with Crippen LogP contribution in [-0.2, 0) is 24.2 Å². The fourth-order valence-electron chi connectivity index (χ4n) is 6.55. The smallest absolute Gasteiger partial charge is 0.379 e. The molecule has 0 saturated heterocycles. The van der Waals surface area contributed by atoms with Crippen molar-refractivity contribution in [1.29, 1.82) is 0 Å². The molecule has 0 aliphatic carbocycles. The molecule has 0 aromatic rings. The van der Waals surface area contributed by atoms with Crippen LogP contribution in [0.4, 0.5) is 0 Å². The van der Waals surface area contributed by atoms with Crippen LogP contribution in [0.2, 0.25) is 0 Å². The van der Waals surface area contributed by atoms with Crippen molar-refractivity contribution in [2.24, 2.45) is 0 Å². The van der Waals surface area contributed by atoms with E-state index in [9.17, 15) is 23.1 Å². The van der Waals surface area contributed by atoms with Crippen molar-refractivity contribution in [1.82, 2.24) is 5.32 Å². The predicted molar refractivity (Wildman–Crippen MR) is 211 cm³/mol. The van der Waals surface area contributed by atoms with E-state index in [0.29, 0.717) is 12.8 Å². The van der Waals surface area contributed by atoms with Crippen LogP contribution in [0.15, 0.2) is 0 Å². The SMILES string of the molecule is CCCCCCCCCCCCCCCCCC(=O)C(C)(NC(C)O)C(=O)CCCCCCCCCCCCCCCCC.COS(=O)(=O)O. The fourth-order valence-corrected chi connectivity index (χ4v) is 6.55. The van der Waals surface area contributed by atoms with Gasteiger partial charge in [-0.2, -0.15) is 8.42 Å². The minimum Gasteiger partial charge on any atom is -0.379 e. The maximum absolute atomic E-state index is 13.1. The van der Waals surface area contributed by atoms with Gasteiger partial charge in [0.2, 0.25) is 0 Å². The molecule has 0 radical (unpaired) electrons. The molecule has 0 saturated carbocycles. The first-order valence-corrected chi connectivity index (χ1v) is 22.4. The standard InChI is InChI=1S/C40H79NO3.CH4O4S/c1-5-7-9-11-13-15-17-19-21-23-25-27-29-31-33-35-38(43)40(4,41-37(3)42)39(44)36-34-32-30-28-26-24-22-20-18-16-14-12-10-8-6-2;1-5-6(2,3)4/h37,41-42H,5-36H2,1-4H3;1H3,(H,2,3,4). The highest BCUT2D eigenvalue weighted by Crippen LogP contribution is 2.20. The van der Waals surface area contributed by atoms with E-state index in [1.165, 1.54) is 167 Å². The van der Waals surface area contributed by atoms with Gasteiger partial charge in [0, 0.05) is 12.8 Å². The molecule has 0 heterocycles. The third-order valence-corrected chi connectivity index (χ3v) is 10.3. The van der Waals surface area contributed by atoms with Gasteiger partial charge >= 0.3 is 10.4 Å². The molecule has 0 rings (SSSR count). The lowest BCUT2D eigenvalue weighted by Crippen LogP contribution is -2.58. The Morgan fingerprint density at radius 2 is 0.740 bits per heavy atom. The Kier molecular flexibility index (Phi) is 37.4. The zero-order valence-corrected chi connectivity index (χ0v) is 34.4. The average Bonchev–Trinajstić information content (AvgIpc) is 3.07. The Morgan fingerprint density at radius 3 is 0.920 bits per heavy atom. The number of aliphatic hydroxyl groups is 1. The highest BCUT2D eigenvalue weighted by molar-refractivity contribution is 7.80. The molecule has 0 bridgehead atoms. The van der Waals surface area contributed by atoms with Gasteiger partial charge in [0.25, 0.3) is 0 Å². The lowest BCUT2D eigenvalue weighted by molar-refractivity contribution is -0.137. The van der Waals surface area contributed by atoms with Crippen LogP contribution in [0, 0.1) is 0 Å². The minimum absolute atomic E-state index is 0.0564. The largest absolute Gasteiger partial charge is 0.397 e.